The first-order valence-electron chi connectivity index (χ1n) is 22.5. The van der Waals surface area contributed by atoms with E-state index in [9.17, 15) is 42.7 Å². The number of halogens is 3. The highest BCUT2D eigenvalue weighted by molar-refractivity contribution is 7.81. The summed E-state index contributed by atoms with van der Waals surface area (Å²) in [7, 11) is 0. The number of rotatable bonds is 21. The van der Waals surface area contributed by atoms with Crippen LogP contribution in [-0.4, -0.2) is 107 Å². The van der Waals surface area contributed by atoms with Crippen molar-refractivity contribution in [1.82, 2.24) is 20.5 Å². The van der Waals surface area contributed by atoms with E-state index < -0.39 is 58.8 Å². The molecule has 20 heteroatoms. The van der Waals surface area contributed by atoms with Crippen molar-refractivity contribution in [2.45, 2.75) is 96.7 Å². The first kappa shape index (κ1) is 52.4. The number of nitriles is 1. The van der Waals surface area contributed by atoms with Crippen molar-refractivity contribution in [2.24, 2.45) is 5.92 Å². The summed E-state index contributed by atoms with van der Waals surface area (Å²) < 4.78 is 58.2. The molecule has 2 aliphatic rings. The van der Waals surface area contributed by atoms with E-state index >= 15 is 0 Å². The zero-order chi connectivity index (χ0) is 50.0. The molecular weight excluding hydrogens is 936 g/mol. The van der Waals surface area contributed by atoms with Gasteiger partial charge < -0.3 is 39.8 Å². The molecule has 1 aromatic heterocycles. The molecule has 3 N–H and O–H groups in total. The number of thiocarbonyl (C=S) groups is 1. The predicted molar refractivity (Wildman–Crippen MR) is 257 cm³/mol. The monoisotopic (exact) mass is 991 g/mol. The van der Waals surface area contributed by atoms with E-state index in [0.717, 1.165) is 38.7 Å². The maximum atomic E-state index is 13.7. The molecule has 1 unspecified atom stereocenters. The Morgan fingerprint density at radius 3 is 2.30 bits per heavy atom. The summed E-state index contributed by atoms with van der Waals surface area (Å²) in [5.41, 5.74) is 2.18. The molecule has 4 aromatic rings. The zero-order valence-corrected chi connectivity index (χ0v) is 40.6. The molecule has 2 fully saturated rings. The van der Waals surface area contributed by atoms with Crippen LogP contribution in [0.5, 0.6) is 5.75 Å². The first-order valence-corrected chi connectivity index (χ1v) is 23.8. The molecule has 3 heterocycles. The maximum Gasteiger partial charge on any atom is 0.417 e. The van der Waals surface area contributed by atoms with Crippen molar-refractivity contribution in [2.75, 3.05) is 49.4 Å². The number of carbonyl (C=O) groups excluding carboxylic acids is 4. The first-order chi connectivity index (χ1) is 32.8. The Morgan fingerprint density at radius 2 is 1.65 bits per heavy atom. The van der Waals surface area contributed by atoms with Gasteiger partial charge in [-0.3, -0.25) is 24.1 Å². The number of carbonyl (C=O) groups is 4. The van der Waals surface area contributed by atoms with E-state index in [-0.39, 0.29) is 55.3 Å². The number of amides is 4. The lowest BCUT2D eigenvalue weighted by Crippen LogP contribution is -2.55. The van der Waals surface area contributed by atoms with Gasteiger partial charge in [0.25, 0.3) is 5.91 Å². The normalized spacial score (nSPS) is 17.3. The molecule has 6 rings (SSSR count). The number of alkyl halides is 3. The Labute approximate surface area is 408 Å². The number of thiazole rings is 1. The second kappa shape index (κ2) is 23.1. The van der Waals surface area contributed by atoms with Crippen molar-refractivity contribution in [3.8, 4) is 22.3 Å². The van der Waals surface area contributed by atoms with Crippen molar-refractivity contribution in [1.29, 1.82) is 5.26 Å². The molecule has 0 radical (unpaired) electrons. The van der Waals surface area contributed by atoms with Crippen LogP contribution in [0.25, 0.3) is 10.4 Å². The van der Waals surface area contributed by atoms with Crippen molar-refractivity contribution < 1.29 is 51.7 Å². The molecule has 0 spiro atoms. The number of benzene rings is 3. The summed E-state index contributed by atoms with van der Waals surface area (Å²) in [4.78, 5) is 62.8. The van der Waals surface area contributed by atoms with Crippen LogP contribution in [-0.2, 0) is 41.4 Å². The minimum absolute atomic E-state index is 0.00634. The number of nitrogens with zero attached hydrogens (tertiary/aromatic N) is 5. The Bertz CT molecular complexity index is 2510. The number of aryl methyl sites for hydroxylation is 1. The Morgan fingerprint density at radius 1 is 0.986 bits per heavy atom. The quantitative estimate of drug-likeness (QED) is 0.0579. The van der Waals surface area contributed by atoms with E-state index in [4.69, 9.17) is 26.4 Å². The summed E-state index contributed by atoms with van der Waals surface area (Å²) in [6, 6.07) is 17.4. The van der Waals surface area contributed by atoms with Gasteiger partial charge in [-0.15, -0.1) is 11.3 Å². The molecule has 3 atom stereocenters. The van der Waals surface area contributed by atoms with E-state index in [1.165, 1.54) is 11.0 Å². The largest absolute Gasteiger partial charge is 0.494 e. The lowest BCUT2D eigenvalue weighted by molar-refractivity contribution is -0.143. The van der Waals surface area contributed by atoms with Gasteiger partial charge in [-0.05, 0) is 112 Å². The number of hydrogen-bond donors (Lipinski definition) is 3. The Balaban J connectivity index is 0.854. The summed E-state index contributed by atoms with van der Waals surface area (Å²) >= 11 is 7.18. The van der Waals surface area contributed by atoms with Crippen LogP contribution >= 0.6 is 23.6 Å². The third-order valence-corrected chi connectivity index (χ3v) is 13.1. The summed E-state index contributed by atoms with van der Waals surface area (Å²) in [5, 5.41) is 25.3. The SMILES string of the molecule is Cc1ncsc1-c1ccc(CNC(=O)[C@@H]2C[C@@H](O)CN2C(=O)C(NC(=O)COCCCOCCCCOc2ccc(N3C(=S)N(c4ccc(C#N)c(C(F)(F)F)c4)C(=O)C3(C)C)cc2)C(C)C)cc1. The average molecular weight is 992 g/mol. The number of hydrogen-bond acceptors (Lipinski definition) is 12. The maximum absolute atomic E-state index is 13.7. The van der Waals surface area contributed by atoms with Crippen molar-refractivity contribution >= 4 is 63.7 Å². The number of ether oxygens (including phenoxy) is 3. The standard InChI is InChI=1S/C49H56F3N7O8S2/c1-30(2)42(45(63)57-27-37(60)24-40(57)44(62)54-26-32-9-11-33(12-10-32)43-31(3)55-29-69-43)56-41(61)28-66-21-8-20-65-19-6-7-22-67-38-17-15-35(16-18-38)59-47(68)58(46(64)48(59,4)5)36-14-13-34(25-53)39(23-36)49(50,51)52/h9-18,23,29-30,37,40,42,60H,6-8,19-22,24,26-28H2,1-5H3,(H,54,62)(H,56,61)/t37-,40+,42?/m1/s1. The average Bonchev–Trinajstić information content (AvgIpc) is 3.98. The third-order valence-electron chi connectivity index (χ3n) is 11.8. The number of aromatic nitrogens is 1. The Hall–Kier alpha value is -5.98. The van der Waals surface area contributed by atoms with Gasteiger partial charge in [0.1, 0.15) is 30.0 Å². The number of aliphatic hydroxyl groups is 1. The van der Waals surface area contributed by atoms with E-state index in [1.54, 1.807) is 79.8 Å². The number of likely N-dealkylation sites (tertiary alicyclic amines) is 1. The van der Waals surface area contributed by atoms with Crippen LogP contribution in [0.3, 0.4) is 0 Å². The van der Waals surface area contributed by atoms with E-state index in [0.29, 0.717) is 50.5 Å². The molecule has 4 amide bonds. The molecule has 0 saturated carbocycles. The molecule has 2 aliphatic heterocycles. The van der Waals surface area contributed by atoms with Crippen molar-refractivity contribution in [3.63, 3.8) is 0 Å². The van der Waals surface area contributed by atoms with Crippen LogP contribution in [0.4, 0.5) is 24.5 Å². The van der Waals surface area contributed by atoms with Crippen LogP contribution in [0, 0.1) is 24.2 Å². The number of anilines is 2. The van der Waals surface area contributed by atoms with Gasteiger partial charge >= 0.3 is 6.18 Å². The molecule has 368 valence electrons. The molecule has 69 heavy (non-hydrogen) atoms. The van der Waals surface area contributed by atoms with Gasteiger partial charge in [-0.25, -0.2) is 4.98 Å². The highest BCUT2D eigenvalue weighted by Gasteiger charge is 2.51. The van der Waals surface area contributed by atoms with Crippen LogP contribution in [0.1, 0.15) is 75.8 Å². The topological polar surface area (TPSA) is 187 Å². The van der Waals surface area contributed by atoms with Crippen LogP contribution in [0.15, 0.2) is 72.2 Å². The summed E-state index contributed by atoms with van der Waals surface area (Å²) in [6.45, 7) is 10.3. The second-order valence-electron chi connectivity index (χ2n) is 17.6. The van der Waals surface area contributed by atoms with Gasteiger partial charge in [0.2, 0.25) is 17.7 Å². The van der Waals surface area contributed by atoms with Gasteiger partial charge in [0.15, 0.2) is 5.11 Å². The van der Waals surface area contributed by atoms with Crippen molar-refractivity contribution in [3.05, 3.63) is 94.6 Å². The third kappa shape index (κ3) is 12.8. The van der Waals surface area contributed by atoms with Crippen LogP contribution < -0.4 is 25.2 Å². The zero-order valence-electron chi connectivity index (χ0n) is 39.0. The Kier molecular flexibility index (Phi) is 17.5. The fraction of sp³-hybridized carbons (Fsp3) is 0.449. The molecule has 2 saturated heterocycles. The molecule has 15 nitrogen and oxygen atoms in total. The fourth-order valence-electron chi connectivity index (χ4n) is 8.05. The highest BCUT2D eigenvalue weighted by atomic mass is 32.1. The number of aliphatic hydroxyl groups excluding tert-OH is 1. The molecule has 3 aromatic carbocycles. The minimum atomic E-state index is -4.80. The predicted octanol–water partition coefficient (Wildman–Crippen LogP) is 6.93. The highest BCUT2D eigenvalue weighted by Crippen LogP contribution is 2.40. The van der Waals surface area contributed by atoms with Crippen LogP contribution in [0.2, 0.25) is 0 Å². The smallest absolute Gasteiger partial charge is 0.417 e. The van der Waals surface area contributed by atoms with E-state index in [1.807, 2.05) is 31.2 Å². The summed E-state index contributed by atoms with van der Waals surface area (Å²) in [5.74, 6) is -1.57. The minimum Gasteiger partial charge on any atom is -0.494 e. The number of β-amino-alcohol motifs (C(OH)–C–C–N with tert-alkyl or cyclic N) is 1. The van der Waals surface area contributed by atoms with Gasteiger partial charge in [0.05, 0.1) is 51.7 Å². The number of nitrogens with one attached hydrogen (secondary N) is 2. The van der Waals surface area contributed by atoms with Gasteiger partial charge in [0, 0.05) is 45.0 Å². The molecule has 0 aliphatic carbocycles. The number of unbranched alkanes of at least 4 members (excludes halogenated alkanes) is 1. The second-order valence-corrected chi connectivity index (χ2v) is 18.8. The fourth-order valence-corrected chi connectivity index (χ4v) is 9.38. The molecule has 0 bridgehead atoms. The lowest BCUT2D eigenvalue weighted by Gasteiger charge is -2.30. The van der Waals surface area contributed by atoms with Gasteiger partial charge in [-0.1, -0.05) is 38.1 Å². The van der Waals surface area contributed by atoms with Gasteiger partial charge in [-0.2, -0.15) is 18.4 Å². The van der Waals surface area contributed by atoms with E-state index in [2.05, 4.69) is 15.6 Å². The summed E-state index contributed by atoms with van der Waals surface area (Å²) in [6.07, 6.45) is -3.66. The lowest BCUT2D eigenvalue weighted by atomic mass is 10.0. The molecular formula is C49H56F3N7O8S2.